The van der Waals surface area contributed by atoms with Crippen molar-refractivity contribution >= 4 is 5.78 Å². The van der Waals surface area contributed by atoms with E-state index in [1.165, 1.54) is 11.3 Å². The number of benzene rings is 1. The lowest BCUT2D eigenvalue weighted by Gasteiger charge is -2.35. The van der Waals surface area contributed by atoms with E-state index in [9.17, 15) is 4.79 Å². The highest BCUT2D eigenvalue weighted by molar-refractivity contribution is 5.96. The van der Waals surface area contributed by atoms with Gasteiger partial charge in [0.2, 0.25) is 0 Å². The number of carbonyl (C=O) groups is 1. The average Bonchev–Trinajstić information content (AvgIpc) is 2.89. The maximum absolute atomic E-state index is 12.5. The molecule has 3 rings (SSSR count). The number of aryl methyl sites for hydroxylation is 1. The summed E-state index contributed by atoms with van der Waals surface area (Å²) in [7, 11) is 1.95. The molecule has 0 radical (unpaired) electrons. The first kappa shape index (κ1) is 15.9. The van der Waals surface area contributed by atoms with E-state index in [1.807, 2.05) is 48.3 Å². The van der Waals surface area contributed by atoms with Gasteiger partial charge < -0.3 is 4.74 Å². The van der Waals surface area contributed by atoms with Crippen molar-refractivity contribution in [3.8, 4) is 0 Å². The normalized spacial score (nSPS) is 19.0. The molecule has 0 bridgehead atoms. The van der Waals surface area contributed by atoms with Crippen LogP contribution in [0.5, 0.6) is 0 Å². The van der Waals surface area contributed by atoms with Crippen LogP contribution in [0.4, 0.5) is 0 Å². The summed E-state index contributed by atoms with van der Waals surface area (Å²) in [6.45, 7) is 5.07. The fourth-order valence-electron chi connectivity index (χ4n) is 2.96. The third-order valence-corrected chi connectivity index (χ3v) is 4.58. The summed E-state index contributed by atoms with van der Waals surface area (Å²) < 4.78 is 7.50. The van der Waals surface area contributed by atoms with Crippen LogP contribution >= 0.6 is 0 Å². The minimum atomic E-state index is 0.121. The first-order valence-corrected chi connectivity index (χ1v) is 8.02. The maximum Gasteiger partial charge on any atom is 0.164 e. The number of rotatable bonds is 5. The van der Waals surface area contributed by atoms with Gasteiger partial charge in [-0.3, -0.25) is 14.4 Å². The fraction of sp³-hybridized carbons (Fsp3) is 0.444. The van der Waals surface area contributed by atoms with Gasteiger partial charge in [-0.25, -0.2) is 0 Å². The van der Waals surface area contributed by atoms with E-state index < -0.39 is 0 Å². The number of aromatic nitrogens is 2. The molecule has 1 fully saturated rings. The van der Waals surface area contributed by atoms with E-state index >= 15 is 0 Å². The van der Waals surface area contributed by atoms with Crippen molar-refractivity contribution in [3.05, 3.63) is 53.3 Å². The Morgan fingerprint density at radius 1 is 1.35 bits per heavy atom. The number of morpholine rings is 1. The van der Waals surface area contributed by atoms with Gasteiger partial charge in [-0.2, -0.15) is 5.10 Å². The molecule has 2 aromatic rings. The number of hydrogen-bond donors (Lipinski definition) is 0. The summed E-state index contributed by atoms with van der Waals surface area (Å²) in [6, 6.07) is 9.61. The van der Waals surface area contributed by atoms with E-state index in [-0.39, 0.29) is 11.8 Å². The van der Waals surface area contributed by atoms with Gasteiger partial charge in [-0.15, -0.1) is 0 Å². The molecule has 1 aliphatic rings. The van der Waals surface area contributed by atoms with Gasteiger partial charge in [0.05, 0.1) is 19.4 Å². The predicted octanol–water partition coefficient (Wildman–Crippen LogP) is 2.20. The third-order valence-electron chi connectivity index (χ3n) is 4.58. The van der Waals surface area contributed by atoms with Crippen LogP contribution in [0.1, 0.15) is 28.0 Å². The number of nitrogens with zero attached hydrogens (tertiary/aromatic N) is 3. The van der Waals surface area contributed by atoms with E-state index in [0.29, 0.717) is 13.0 Å². The second-order valence-corrected chi connectivity index (χ2v) is 6.07. The Labute approximate surface area is 136 Å². The molecule has 0 unspecified atom stereocenters. The SMILES string of the molecule is Cc1c(CN2CCOC[C@H]2CC(=O)c2ccccc2)cnn1C. The van der Waals surface area contributed by atoms with Crippen molar-refractivity contribution in [2.45, 2.75) is 25.9 Å². The van der Waals surface area contributed by atoms with Crippen LogP contribution in [-0.2, 0) is 18.3 Å². The van der Waals surface area contributed by atoms with E-state index in [1.54, 1.807) is 0 Å². The molecule has 23 heavy (non-hydrogen) atoms. The Hall–Kier alpha value is -1.98. The molecule has 1 aliphatic heterocycles. The predicted molar refractivity (Wildman–Crippen MR) is 88.4 cm³/mol. The highest BCUT2D eigenvalue weighted by Crippen LogP contribution is 2.18. The van der Waals surface area contributed by atoms with Gasteiger partial charge in [0.1, 0.15) is 0 Å². The van der Waals surface area contributed by atoms with E-state index in [0.717, 1.165) is 25.3 Å². The van der Waals surface area contributed by atoms with Crippen molar-refractivity contribution in [1.82, 2.24) is 14.7 Å². The molecule has 0 N–H and O–H groups in total. The van der Waals surface area contributed by atoms with Crippen LogP contribution in [-0.4, -0.2) is 46.3 Å². The van der Waals surface area contributed by atoms with Crippen LogP contribution in [0.3, 0.4) is 0 Å². The summed E-state index contributed by atoms with van der Waals surface area (Å²) in [5.74, 6) is 0.175. The monoisotopic (exact) mass is 313 g/mol. The summed E-state index contributed by atoms with van der Waals surface area (Å²) in [5, 5.41) is 4.31. The lowest BCUT2D eigenvalue weighted by molar-refractivity contribution is -0.0126. The van der Waals surface area contributed by atoms with E-state index in [2.05, 4.69) is 16.9 Å². The molecule has 0 amide bonds. The standard InChI is InChI=1S/C18H23N3O2/c1-14-16(11-19-20(14)2)12-21-8-9-23-13-17(21)10-18(22)15-6-4-3-5-7-15/h3-7,11,17H,8-10,12-13H2,1-2H3/t17-/m1/s1. The van der Waals surface area contributed by atoms with Gasteiger partial charge in [-0.1, -0.05) is 30.3 Å². The van der Waals surface area contributed by atoms with Gasteiger partial charge in [0, 0.05) is 49.4 Å². The van der Waals surface area contributed by atoms with Crippen LogP contribution in [0.15, 0.2) is 36.5 Å². The van der Waals surface area contributed by atoms with Gasteiger partial charge in [0.25, 0.3) is 0 Å². The molecule has 5 heteroatoms. The van der Waals surface area contributed by atoms with Crippen LogP contribution in [0, 0.1) is 6.92 Å². The number of carbonyl (C=O) groups excluding carboxylic acids is 1. The molecule has 1 saturated heterocycles. The zero-order valence-electron chi connectivity index (χ0n) is 13.7. The molecule has 122 valence electrons. The van der Waals surface area contributed by atoms with Gasteiger partial charge >= 0.3 is 0 Å². The average molecular weight is 313 g/mol. The maximum atomic E-state index is 12.5. The first-order chi connectivity index (χ1) is 11.1. The minimum Gasteiger partial charge on any atom is -0.378 e. The molecule has 0 aliphatic carbocycles. The largest absolute Gasteiger partial charge is 0.378 e. The molecule has 2 heterocycles. The van der Waals surface area contributed by atoms with Crippen molar-refractivity contribution in [3.63, 3.8) is 0 Å². The molecule has 5 nitrogen and oxygen atoms in total. The molecular weight excluding hydrogens is 290 g/mol. The summed E-state index contributed by atoms with van der Waals surface area (Å²) in [4.78, 5) is 14.8. The second-order valence-electron chi connectivity index (χ2n) is 6.07. The lowest BCUT2D eigenvalue weighted by Crippen LogP contribution is -2.45. The second kappa shape index (κ2) is 7.06. The Morgan fingerprint density at radius 2 is 2.13 bits per heavy atom. The Kier molecular flexibility index (Phi) is 4.88. The van der Waals surface area contributed by atoms with Gasteiger partial charge in [-0.05, 0) is 6.92 Å². The number of ether oxygens (including phenoxy) is 1. The Bertz CT molecular complexity index is 666. The van der Waals surface area contributed by atoms with Crippen molar-refractivity contribution < 1.29 is 9.53 Å². The third kappa shape index (κ3) is 3.68. The lowest BCUT2D eigenvalue weighted by atomic mass is 10.0. The zero-order chi connectivity index (χ0) is 16.2. The highest BCUT2D eigenvalue weighted by atomic mass is 16.5. The Balaban J connectivity index is 1.69. The number of ketones is 1. The molecule has 0 saturated carbocycles. The topological polar surface area (TPSA) is 47.4 Å². The zero-order valence-corrected chi connectivity index (χ0v) is 13.7. The van der Waals surface area contributed by atoms with Crippen molar-refractivity contribution in [2.75, 3.05) is 19.8 Å². The van der Waals surface area contributed by atoms with Crippen molar-refractivity contribution in [1.29, 1.82) is 0 Å². The smallest absolute Gasteiger partial charge is 0.164 e. The highest BCUT2D eigenvalue weighted by Gasteiger charge is 2.26. The van der Waals surface area contributed by atoms with E-state index in [4.69, 9.17) is 4.74 Å². The fourth-order valence-corrected chi connectivity index (χ4v) is 2.96. The Morgan fingerprint density at radius 3 is 2.83 bits per heavy atom. The summed E-state index contributed by atoms with van der Waals surface area (Å²) in [5.41, 5.74) is 3.16. The van der Waals surface area contributed by atoms with Crippen LogP contribution < -0.4 is 0 Å². The molecular formula is C18H23N3O2. The minimum absolute atomic E-state index is 0.121. The van der Waals surface area contributed by atoms with Crippen LogP contribution in [0.2, 0.25) is 0 Å². The summed E-state index contributed by atoms with van der Waals surface area (Å²) >= 11 is 0. The molecule has 1 aromatic heterocycles. The van der Waals surface area contributed by atoms with Gasteiger partial charge in [0.15, 0.2) is 5.78 Å². The molecule has 1 atom stereocenters. The first-order valence-electron chi connectivity index (χ1n) is 8.02. The number of hydrogen-bond acceptors (Lipinski definition) is 4. The van der Waals surface area contributed by atoms with Crippen LogP contribution in [0.25, 0.3) is 0 Å². The molecule has 1 aromatic carbocycles. The summed E-state index contributed by atoms with van der Waals surface area (Å²) in [6.07, 6.45) is 2.41. The number of Topliss-reactive ketones (excluding diaryl/α,β-unsaturated/α-hetero) is 1. The quantitative estimate of drug-likeness (QED) is 0.794. The van der Waals surface area contributed by atoms with Crippen molar-refractivity contribution in [2.24, 2.45) is 7.05 Å². The molecule has 0 spiro atoms.